The fourth-order valence-electron chi connectivity index (χ4n) is 2.34. The highest BCUT2D eigenvalue weighted by atomic mass is 16.5. The summed E-state index contributed by atoms with van der Waals surface area (Å²) in [6.45, 7) is 4.52. The number of ether oxygens (including phenoxy) is 1. The summed E-state index contributed by atoms with van der Waals surface area (Å²) in [7, 11) is 1.73. The maximum Gasteiger partial charge on any atom is 0.119 e. The van der Waals surface area contributed by atoms with E-state index in [2.05, 4.69) is 30.4 Å². The predicted octanol–water partition coefficient (Wildman–Crippen LogP) is 3.02. The molecule has 0 atom stereocenters. The Morgan fingerprint density at radius 1 is 1.35 bits per heavy atom. The first kappa shape index (κ1) is 12.4. The molecule has 1 aliphatic rings. The minimum absolute atomic E-state index is 0.529. The molecule has 1 N–H and O–H groups in total. The van der Waals surface area contributed by atoms with Gasteiger partial charge in [-0.15, -0.1) is 0 Å². The summed E-state index contributed by atoms with van der Waals surface area (Å²) in [5.41, 5.74) is 1.93. The van der Waals surface area contributed by atoms with Crippen LogP contribution in [-0.4, -0.2) is 20.2 Å². The normalized spacial score (nSPS) is 16.8. The fraction of sp³-hybridized carbons (Fsp3) is 0.600. The van der Waals surface area contributed by atoms with E-state index in [9.17, 15) is 0 Å². The van der Waals surface area contributed by atoms with Crippen LogP contribution < -0.4 is 10.1 Å². The number of nitrogens with one attached hydrogen (secondary N) is 1. The van der Waals surface area contributed by atoms with E-state index in [0.29, 0.717) is 5.41 Å². The van der Waals surface area contributed by atoms with Gasteiger partial charge in [-0.25, -0.2) is 0 Å². The molecule has 0 unspecified atom stereocenters. The molecule has 0 aromatic heterocycles. The fourth-order valence-corrected chi connectivity index (χ4v) is 2.34. The average molecular weight is 233 g/mol. The SMILES string of the molecule is CCCNCC1(Cc2cccc(OC)c2)CC1. The predicted molar refractivity (Wildman–Crippen MR) is 71.5 cm³/mol. The second-order valence-corrected chi connectivity index (χ2v) is 5.21. The Hall–Kier alpha value is -1.02. The molecule has 0 amide bonds. The topological polar surface area (TPSA) is 21.3 Å². The Morgan fingerprint density at radius 2 is 2.18 bits per heavy atom. The van der Waals surface area contributed by atoms with Crippen LogP contribution in [0.4, 0.5) is 0 Å². The van der Waals surface area contributed by atoms with E-state index >= 15 is 0 Å². The van der Waals surface area contributed by atoms with Gasteiger partial charge in [-0.2, -0.15) is 0 Å². The minimum Gasteiger partial charge on any atom is -0.497 e. The third kappa shape index (κ3) is 3.47. The molecule has 0 bridgehead atoms. The van der Waals surface area contributed by atoms with E-state index in [1.807, 2.05) is 6.07 Å². The quantitative estimate of drug-likeness (QED) is 0.731. The molecule has 17 heavy (non-hydrogen) atoms. The zero-order valence-corrected chi connectivity index (χ0v) is 11.0. The second-order valence-electron chi connectivity index (χ2n) is 5.21. The van der Waals surface area contributed by atoms with E-state index in [4.69, 9.17) is 4.74 Å². The molecule has 0 radical (unpaired) electrons. The molecule has 2 nitrogen and oxygen atoms in total. The Kier molecular flexibility index (Phi) is 4.06. The van der Waals surface area contributed by atoms with Crippen molar-refractivity contribution in [3.8, 4) is 5.75 Å². The van der Waals surface area contributed by atoms with Gasteiger partial charge in [0.15, 0.2) is 0 Å². The summed E-state index contributed by atoms with van der Waals surface area (Å²) in [6, 6.07) is 8.48. The highest BCUT2D eigenvalue weighted by Gasteiger charge is 2.41. The van der Waals surface area contributed by atoms with Gasteiger partial charge in [0.25, 0.3) is 0 Å². The average Bonchev–Trinajstić information content (AvgIpc) is 3.10. The molecule has 1 saturated carbocycles. The largest absolute Gasteiger partial charge is 0.497 e. The second kappa shape index (κ2) is 5.54. The molecular formula is C15H23NO. The molecule has 0 saturated heterocycles. The molecule has 1 aromatic carbocycles. The zero-order chi connectivity index (χ0) is 12.1. The summed E-state index contributed by atoms with van der Waals surface area (Å²) in [6.07, 6.45) is 5.12. The molecule has 2 rings (SSSR count). The molecule has 0 heterocycles. The molecule has 94 valence electrons. The van der Waals surface area contributed by atoms with Crippen LogP contribution in [0.2, 0.25) is 0 Å². The van der Waals surface area contributed by atoms with Crippen molar-refractivity contribution in [1.29, 1.82) is 0 Å². The van der Waals surface area contributed by atoms with Crippen LogP contribution in [0, 0.1) is 5.41 Å². The van der Waals surface area contributed by atoms with Gasteiger partial charge < -0.3 is 10.1 Å². The molecular weight excluding hydrogens is 210 g/mol. The third-order valence-corrected chi connectivity index (χ3v) is 3.60. The lowest BCUT2D eigenvalue weighted by Crippen LogP contribution is -2.26. The molecule has 1 aromatic rings. The van der Waals surface area contributed by atoms with Crippen LogP contribution in [0.3, 0.4) is 0 Å². The lowest BCUT2D eigenvalue weighted by Gasteiger charge is -2.16. The van der Waals surface area contributed by atoms with Gasteiger partial charge in [-0.1, -0.05) is 19.1 Å². The highest BCUT2D eigenvalue weighted by Crippen LogP contribution is 2.48. The Balaban J connectivity index is 1.90. The Labute approximate surface area is 104 Å². The molecule has 0 aliphatic heterocycles. The van der Waals surface area contributed by atoms with Gasteiger partial charge in [-0.05, 0) is 55.3 Å². The number of hydrogen-bond acceptors (Lipinski definition) is 2. The number of rotatable bonds is 7. The number of hydrogen-bond donors (Lipinski definition) is 1. The molecule has 2 heteroatoms. The standard InChI is InChI=1S/C15H23NO/c1-3-9-16-12-15(7-8-15)11-13-5-4-6-14(10-13)17-2/h4-6,10,16H,3,7-9,11-12H2,1-2H3. The van der Waals surface area contributed by atoms with Crippen molar-refractivity contribution in [2.75, 3.05) is 20.2 Å². The highest BCUT2D eigenvalue weighted by molar-refractivity contribution is 5.30. The maximum absolute atomic E-state index is 5.27. The minimum atomic E-state index is 0.529. The van der Waals surface area contributed by atoms with Crippen molar-refractivity contribution in [3.05, 3.63) is 29.8 Å². The van der Waals surface area contributed by atoms with Crippen molar-refractivity contribution < 1.29 is 4.74 Å². The monoisotopic (exact) mass is 233 g/mol. The lowest BCUT2D eigenvalue weighted by atomic mass is 9.96. The first-order chi connectivity index (χ1) is 8.28. The van der Waals surface area contributed by atoms with Crippen LogP contribution in [0.15, 0.2) is 24.3 Å². The summed E-state index contributed by atoms with van der Waals surface area (Å²) >= 11 is 0. The van der Waals surface area contributed by atoms with Crippen LogP contribution in [0.5, 0.6) is 5.75 Å². The maximum atomic E-state index is 5.27. The van der Waals surface area contributed by atoms with Crippen molar-refractivity contribution in [2.24, 2.45) is 5.41 Å². The van der Waals surface area contributed by atoms with Crippen molar-refractivity contribution in [3.63, 3.8) is 0 Å². The van der Waals surface area contributed by atoms with Gasteiger partial charge in [0.05, 0.1) is 7.11 Å². The van der Waals surface area contributed by atoms with Crippen LogP contribution in [-0.2, 0) is 6.42 Å². The zero-order valence-electron chi connectivity index (χ0n) is 11.0. The lowest BCUT2D eigenvalue weighted by molar-refractivity contribution is 0.412. The van der Waals surface area contributed by atoms with E-state index in [-0.39, 0.29) is 0 Å². The third-order valence-electron chi connectivity index (χ3n) is 3.60. The van der Waals surface area contributed by atoms with Gasteiger partial charge in [0, 0.05) is 6.54 Å². The summed E-state index contributed by atoms with van der Waals surface area (Å²) in [5.74, 6) is 0.972. The van der Waals surface area contributed by atoms with E-state index < -0.39 is 0 Å². The molecule has 1 fully saturated rings. The van der Waals surface area contributed by atoms with Crippen LogP contribution >= 0.6 is 0 Å². The summed E-state index contributed by atoms with van der Waals surface area (Å²) < 4.78 is 5.27. The van der Waals surface area contributed by atoms with Crippen molar-refractivity contribution >= 4 is 0 Å². The van der Waals surface area contributed by atoms with Crippen LogP contribution in [0.1, 0.15) is 31.7 Å². The molecule has 0 spiro atoms. The first-order valence-electron chi connectivity index (χ1n) is 6.62. The Bertz CT molecular complexity index is 358. The smallest absolute Gasteiger partial charge is 0.119 e. The summed E-state index contributed by atoms with van der Waals surface area (Å²) in [4.78, 5) is 0. The van der Waals surface area contributed by atoms with Gasteiger partial charge in [0.1, 0.15) is 5.75 Å². The van der Waals surface area contributed by atoms with E-state index in [0.717, 1.165) is 18.8 Å². The Morgan fingerprint density at radius 3 is 2.82 bits per heavy atom. The van der Waals surface area contributed by atoms with Gasteiger partial charge in [-0.3, -0.25) is 0 Å². The van der Waals surface area contributed by atoms with Gasteiger partial charge in [0.2, 0.25) is 0 Å². The summed E-state index contributed by atoms with van der Waals surface area (Å²) in [5, 5.41) is 3.56. The van der Waals surface area contributed by atoms with Crippen molar-refractivity contribution in [2.45, 2.75) is 32.6 Å². The number of benzene rings is 1. The van der Waals surface area contributed by atoms with Gasteiger partial charge >= 0.3 is 0 Å². The van der Waals surface area contributed by atoms with E-state index in [1.54, 1.807) is 7.11 Å². The van der Waals surface area contributed by atoms with Crippen LogP contribution in [0.25, 0.3) is 0 Å². The van der Waals surface area contributed by atoms with Crippen molar-refractivity contribution in [1.82, 2.24) is 5.32 Å². The first-order valence-corrected chi connectivity index (χ1v) is 6.62. The van der Waals surface area contributed by atoms with E-state index in [1.165, 1.54) is 31.2 Å². The number of methoxy groups -OCH3 is 1. The molecule has 1 aliphatic carbocycles.